The van der Waals surface area contributed by atoms with E-state index in [2.05, 4.69) is 33.7 Å². The molecule has 0 bridgehead atoms. The van der Waals surface area contributed by atoms with Gasteiger partial charge < -0.3 is 25.8 Å². The van der Waals surface area contributed by atoms with Crippen LogP contribution in [-0.4, -0.2) is 59.8 Å². The van der Waals surface area contributed by atoms with Crippen molar-refractivity contribution in [3.05, 3.63) is 12.2 Å². The normalized spacial score (nSPS) is 23.2. The van der Waals surface area contributed by atoms with Crippen LogP contribution >= 0.6 is 0 Å². The fourth-order valence-electron chi connectivity index (χ4n) is 3.78. The van der Waals surface area contributed by atoms with E-state index in [0.29, 0.717) is 11.2 Å². The fourth-order valence-corrected chi connectivity index (χ4v) is 3.78. The quantitative estimate of drug-likeness (QED) is 0.330. The number of unbranched alkanes of at least 4 members (excludes halogenated alkanes) is 8. The van der Waals surface area contributed by atoms with E-state index in [1.165, 1.54) is 55.8 Å². The Bertz CT molecular complexity index is 906. The van der Waals surface area contributed by atoms with Crippen LogP contribution < -0.4 is 5.73 Å². The Balaban J connectivity index is 1.61. The van der Waals surface area contributed by atoms with E-state index in [0.717, 1.165) is 12.8 Å². The molecule has 0 radical (unpaired) electrons. The maximum Gasteiger partial charge on any atom is 0.208 e. The number of ether oxygens (including phenoxy) is 1. The minimum Gasteiger partial charge on any atom is -0.394 e. The lowest BCUT2D eigenvalue weighted by Gasteiger charge is -2.16. The molecule has 2 aromatic rings. The summed E-state index contributed by atoms with van der Waals surface area (Å²) in [6, 6.07) is 0. The van der Waals surface area contributed by atoms with Crippen molar-refractivity contribution in [1.82, 2.24) is 19.5 Å². The zero-order valence-electron chi connectivity index (χ0n) is 18.1. The molecular weight excluding hydrogens is 398 g/mol. The van der Waals surface area contributed by atoms with Gasteiger partial charge in [0.2, 0.25) is 5.82 Å². The van der Waals surface area contributed by atoms with Crippen LogP contribution in [0.1, 0.15) is 76.8 Å². The van der Waals surface area contributed by atoms with Crippen molar-refractivity contribution in [1.29, 1.82) is 0 Å². The summed E-state index contributed by atoms with van der Waals surface area (Å²) < 4.78 is 7.06. The van der Waals surface area contributed by atoms with Gasteiger partial charge in [-0.05, 0) is 12.3 Å². The van der Waals surface area contributed by atoms with Crippen molar-refractivity contribution < 1.29 is 20.1 Å². The summed E-state index contributed by atoms with van der Waals surface area (Å²) in [6.07, 6.45) is 7.90. The van der Waals surface area contributed by atoms with E-state index in [9.17, 15) is 15.3 Å². The molecule has 0 amide bonds. The molecule has 1 saturated heterocycles. The summed E-state index contributed by atoms with van der Waals surface area (Å²) in [6.45, 7) is 1.82. The Morgan fingerprint density at radius 3 is 2.45 bits per heavy atom. The van der Waals surface area contributed by atoms with Crippen molar-refractivity contribution in [3.8, 4) is 11.8 Å². The number of hydrogen-bond donors (Lipinski definition) is 4. The molecule has 0 aromatic carbocycles. The summed E-state index contributed by atoms with van der Waals surface area (Å²) in [5.74, 6) is 6.52. The molecule has 0 saturated carbocycles. The van der Waals surface area contributed by atoms with Crippen LogP contribution in [0.2, 0.25) is 0 Å². The molecule has 3 rings (SSSR count). The molecule has 2 aromatic heterocycles. The van der Waals surface area contributed by atoms with Crippen molar-refractivity contribution in [2.45, 2.75) is 89.3 Å². The van der Waals surface area contributed by atoms with Crippen molar-refractivity contribution in [2.75, 3.05) is 12.3 Å². The first-order valence-corrected chi connectivity index (χ1v) is 11.2. The lowest BCUT2D eigenvalue weighted by molar-refractivity contribution is -0.0511. The van der Waals surface area contributed by atoms with Gasteiger partial charge in [0.05, 0.1) is 12.9 Å². The molecular formula is C22H33N5O4. The Morgan fingerprint density at radius 2 is 1.77 bits per heavy atom. The molecule has 4 atom stereocenters. The maximum atomic E-state index is 10.3. The molecule has 9 nitrogen and oxygen atoms in total. The maximum absolute atomic E-state index is 10.3. The minimum absolute atomic E-state index is 0.187. The smallest absolute Gasteiger partial charge is 0.208 e. The van der Waals surface area contributed by atoms with Crippen LogP contribution in [0.5, 0.6) is 0 Å². The van der Waals surface area contributed by atoms with Gasteiger partial charge in [-0.2, -0.15) is 0 Å². The van der Waals surface area contributed by atoms with Crippen molar-refractivity contribution >= 4 is 17.0 Å². The van der Waals surface area contributed by atoms with Gasteiger partial charge in [0.15, 0.2) is 17.7 Å². The van der Waals surface area contributed by atoms with Gasteiger partial charge in [-0.25, -0.2) is 15.0 Å². The first kappa shape index (κ1) is 23.4. The predicted molar refractivity (Wildman–Crippen MR) is 117 cm³/mol. The van der Waals surface area contributed by atoms with E-state index in [-0.39, 0.29) is 11.6 Å². The van der Waals surface area contributed by atoms with Crippen LogP contribution in [0.25, 0.3) is 11.2 Å². The standard InChI is InChI=1S/C22H33N5O4/c1-2-3-4-5-6-7-8-9-10-11-12-16-25-20(23)17-21(26-16)27(14-24-17)22-19(30)18(29)15(13-28)31-22/h14-15,18-19,22,28-30H,2-10,13H2,1H3,(H2,23,25,26)/t15-,18-,19+,22-/m1/s1. The van der Waals surface area contributed by atoms with Crippen LogP contribution in [0, 0.1) is 11.8 Å². The molecule has 0 aliphatic carbocycles. The van der Waals surface area contributed by atoms with Crippen LogP contribution in [-0.2, 0) is 4.74 Å². The molecule has 1 aliphatic heterocycles. The molecule has 170 valence electrons. The topological polar surface area (TPSA) is 140 Å². The Kier molecular flexibility index (Phi) is 8.60. The number of nitrogens with zero attached hydrogens (tertiary/aromatic N) is 4. The first-order valence-electron chi connectivity index (χ1n) is 11.2. The number of aliphatic hydroxyl groups excluding tert-OH is 3. The first-order chi connectivity index (χ1) is 15.1. The number of hydrogen-bond acceptors (Lipinski definition) is 8. The second-order valence-corrected chi connectivity index (χ2v) is 8.01. The summed E-state index contributed by atoms with van der Waals surface area (Å²) in [4.78, 5) is 12.8. The monoisotopic (exact) mass is 431 g/mol. The number of nitrogen functional groups attached to an aromatic ring is 1. The third-order valence-corrected chi connectivity index (χ3v) is 5.60. The van der Waals surface area contributed by atoms with Crippen LogP contribution in [0.15, 0.2) is 6.33 Å². The van der Waals surface area contributed by atoms with E-state index >= 15 is 0 Å². The average molecular weight is 432 g/mol. The van der Waals surface area contributed by atoms with Gasteiger partial charge in [-0.15, -0.1) is 0 Å². The largest absolute Gasteiger partial charge is 0.394 e. The van der Waals surface area contributed by atoms with Gasteiger partial charge in [0.1, 0.15) is 23.8 Å². The Hall–Kier alpha value is -2.25. The molecule has 5 N–H and O–H groups in total. The zero-order valence-corrected chi connectivity index (χ0v) is 18.1. The lowest BCUT2D eigenvalue weighted by atomic mass is 10.1. The minimum atomic E-state index is -1.23. The molecule has 1 fully saturated rings. The summed E-state index contributed by atoms with van der Waals surface area (Å²) in [5, 5.41) is 29.6. The summed E-state index contributed by atoms with van der Waals surface area (Å²) in [7, 11) is 0. The van der Waals surface area contributed by atoms with Gasteiger partial charge in [-0.1, -0.05) is 57.8 Å². The Labute approximate surface area is 182 Å². The number of anilines is 1. The average Bonchev–Trinajstić information content (AvgIpc) is 3.31. The molecule has 0 unspecified atom stereocenters. The van der Waals surface area contributed by atoms with Gasteiger partial charge >= 0.3 is 0 Å². The third kappa shape index (κ3) is 5.71. The molecule has 1 aliphatic rings. The van der Waals surface area contributed by atoms with Crippen molar-refractivity contribution in [3.63, 3.8) is 0 Å². The van der Waals surface area contributed by atoms with Crippen LogP contribution in [0.4, 0.5) is 5.82 Å². The summed E-state index contributed by atoms with van der Waals surface area (Å²) >= 11 is 0. The zero-order chi connectivity index (χ0) is 22.2. The number of imidazole rings is 1. The van der Waals surface area contributed by atoms with Gasteiger partial charge in [-0.3, -0.25) is 4.57 Å². The number of nitrogens with two attached hydrogens (primary N) is 1. The predicted octanol–water partition coefficient (Wildman–Crippen LogP) is 1.90. The fraction of sp³-hybridized carbons (Fsp3) is 0.682. The molecule has 0 spiro atoms. The molecule has 9 heteroatoms. The van der Waals surface area contributed by atoms with E-state index in [1.807, 2.05) is 0 Å². The second kappa shape index (κ2) is 11.4. The number of rotatable bonds is 10. The van der Waals surface area contributed by atoms with Crippen LogP contribution in [0.3, 0.4) is 0 Å². The Morgan fingerprint density at radius 1 is 1.06 bits per heavy atom. The molecule has 3 heterocycles. The highest BCUT2D eigenvalue weighted by molar-refractivity contribution is 5.82. The SMILES string of the molecule is CCCCCCCCCCC#Cc1nc(N)c2ncn([C@@H]3O[C@H](CO)[C@@H](O)[C@@H]3O)c2n1. The van der Waals surface area contributed by atoms with E-state index < -0.39 is 31.1 Å². The van der Waals surface area contributed by atoms with Gasteiger partial charge in [0, 0.05) is 6.42 Å². The number of aliphatic hydroxyl groups is 3. The van der Waals surface area contributed by atoms with E-state index in [1.54, 1.807) is 0 Å². The highest BCUT2D eigenvalue weighted by Crippen LogP contribution is 2.31. The van der Waals surface area contributed by atoms with E-state index in [4.69, 9.17) is 10.5 Å². The highest BCUT2D eigenvalue weighted by Gasteiger charge is 2.44. The summed E-state index contributed by atoms with van der Waals surface area (Å²) in [5.41, 5.74) is 6.74. The second-order valence-electron chi connectivity index (χ2n) is 8.01. The van der Waals surface area contributed by atoms with Crippen molar-refractivity contribution in [2.24, 2.45) is 0 Å². The molecule has 31 heavy (non-hydrogen) atoms. The number of aromatic nitrogens is 4. The third-order valence-electron chi connectivity index (χ3n) is 5.60. The van der Waals surface area contributed by atoms with Gasteiger partial charge in [0.25, 0.3) is 0 Å². The number of fused-ring (bicyclic) bond motifs is 1. The highest BCUT2D eigenvalue weighted by atomic mass is 16.6. The lowest BCUT2D eigenvalue weighted by Crippen LogP contribution is -2.33.